The van der Waals surface area contributed by atoms with Crippen LogP contribution in [0.25, 0.3) is 0 Å². The summed E-state index contributed by atoms with van der Waals surface area (Å²) in [7, 11) is 0. The minimum Gasteiger partial charge on any atom is -0.382 e. The van der Waals surface area contributed by atoms with Crippen LogP contribution in [0.5, 0.6) is 0 Å². The van der Waals surface area contributed by atoms with Gasteiger partial charge in [-0.25, -0.2) is 0 Å². The van der Waals surface area contributed by atoms with Crippen LogP contribution in [0.2, 0.25) is 0 Å². The Morgan fingerprint density at radius 1 is 1.09 bits per heavy atom. The molecule has 0 fully saturated rings. The molecule has 0 spiro atoms. The van der Waals surface area contributed by atoms with Crippen molar-refractivity contribution in [3.05, 3.63) is 35.4 Å². The van der Waals surface area contributed by atoms with Crippen molar-refractivity contribution in [1.82, 2.24) is 5.32 Å². The first-order valence-electron chi connectivity index (χ1n) is 7.06. The summed E-state index contributed by atoms with van der Waals surface area (Å²) in [6, 6.07) is 3.75. The van der Waals surface area contributed by atoms with Gasteiger partial charge in [-0.15, -0.1) is 0 Å². The number of aliphatic hydroxyl groups is 1. The molecule has 0 bridgehead atoms. The Labute approximate surface area is 130 Å². The van der Waals surface area contributed by atoms with E-state index in [2.05, 4.69) is 5.32 Å². The van der Waals surface area contributed by atoms with E-state index in [0.717, 1.165) is 12.1 Å². The first kappa shape index (κ1) is 19.8. The topological polar surface area (TPSA) is 32.3 Å². The lowest BCUT2D eigenvalue weighted by Gasteiger charge is -2.24. The van der Waals surface area contributed by atoms with Gasteiger partial charge < -0.3 is 10.4 Å². The summed E-state index contributed by atoms with van der Waals surface area (Å²) in [6.07, 6.45) is -11.5. The molecule has 0 radical (unpaired) electrons. The fourth-order valence-electron chi connectivity index (χ4n) is 2.11. The van der Waals surface area contributed by atoms with E-state index in [4.69, 9.17) is 5.11 Å². The molecule has 1 aromatic carbocycles. The van der Waals surface area contributed by atoms with Gasteiger partial charge in [-0.05, 0) is 30.0 Å². The van der Waals surface area contributed by atoms with Gasteiger partial charge in [0, 0.05) is 12.6 Å². The van der Waals surface area contributed by atoms with Crippen molar-refractivity contribution < 1.29 is 31.4 Å². The lowest BCUT2D eigenvalue weighted by Crippen LogP contribution is -2.40. The molecule has 0 aliphatic heterocycles. The summed E-state index contributed by atoms with van der Waals surface area (Å²) in [4.78, 5) is 0. The van der Waals surface area contributed by atoms with Crippen molar-refractivity contribution in [3.8, 4) is 0 Å². The first-order valence-corrected chi connectivity index (χ1v) is 7.06. The molecular formula is C15H19F6NO. The maximum Gasteiger partial charge on any atom is 0.416 e. The van der Waals surface area contributed by atoms with Crippen molar-refractivity contribution in [2.75, 3.05) is 6.54 Å². The summed E-state index contributed by atoms with van der Waals surface area (Å²) in [5.74, 6) is 0.0464. The molecule has 132 valence electrons. The maximum absolute atomic E-state index is 12.8. The van der Waals surface area contributed by atoms with Crippen LogP contribution in [-0.2, 0) is 6.18 Å². The molecule has 0 aliphatic rings. The standard InChI is InChI=1S/C15H19F6NO/c1-9(2)6-12(22-8-13(23)15(19,20)21)10-4-3-5-11(7-10)14(16,17)18/h3-5,7,9,12-13,22-23H,6,8H2,1-2H3. The molecule has 8 heteroatoms. The summed E-state index contributed by atoms with van der Waals surface area (Å²) >= 11 is 0. The molecule has 2 unspecified atom stereocenters. The van der Waals surface area contributed by atoms with Gasteiger partial charge in [-0.3, -0.25) is 0 Å². The lowest BCUT2D eigenvalue weighted by atomic mass is 9.95. The minimum absolute atomic E-state index is 0.0464. The van der Waals surface area contributed by atoms with Crippen LogP contribution in [0.3, 0.4) is 0 Å². The van der Waals surface area contributed by atoms with E-state index in [-0.39, 0.29) is 11.5 Å². The predicted octanol–water partition coefficient (Wildman–Crippen LogP) is 4.31. The van der Waals surface area contributed by atoms with Crippen molar-refractivity contribution in [2.24, 2.45) is 5.92 Å². The second kappa shape index (κ2) is 7.53. The predicted molar refractivity (Wildman–Crippen MR) is 73.7 cm³/mol. The van der Waals surface area contributed by atoms with Gasteiger partial charge in [0.25, 0.3) is 0 Å². The molecule has 0 aliphatic carbocycles. The number of hydrogen-bond acceptors (Lipinski definition) is 2. The Bertz CT molecular complexity index is 497. The van der Waals surface area contributed by atoms with Crippen LogP contribution < -0.4 is 5.32 Å². The Kier molecular flexibility index (Phi) is 6.47. The highest BCUT2D eigenvalue weighted by atomic mass is 19.4. The molecule has 0 saturated carbocycles. The zero-order chi connectivity index (χ0) is 17.8. The minimum atomic E-state index is -4.77. The fraction of sp³-hybridized carbons (Fsp3) is 0.600. The second-order valence-electron chi connectivity index (χ2n) is 5.77. The Morgan fingerprint density at radius 2 is 1.70 bits per heavy atom. The van der Waals surface area contributed by atoms with E-state index >= 15 is 0 Å². The summed E-state index contributed by atoms with van der Waals surface area (Å²) in [5, 5.41) is 11.5. The molecule has 0 heterocycles. The van der Waals surface area contributed by atoms with Gasteiger partial charge in [0.15, 0.2) is 6.10 Å². The average molecular weight is 343 g/mol. The Morgan fingerprint density at radius 3 is 2.17 bits per heavy atom. The SMILES string of the molecule is CC(C)CC(NCC(O)C(F)(F)F)c1cccc(C(F)(F)F)c1. The molecular weight excluding hydrogens is 324 g/mol. The number of halogens is 6. The number of benzene rings is 1. The average Bonchev–Trinajstić information content (AvgIpc) is 2.40. The molecule has 2 N–H and O–H groups in total. The third-order valence-corrected chi connectivity index (χ3v) is 3.26. The van der Waals surface area contributed by atoms with Crippen molar-refractivity contribution >= 4 is 0 Å². The van der Waals surface area contributed by atoms with Crippen molar-refractivity contribution in [1.29, 1.82) is 0 Å². The Hall–Kier alpha value is -1.28. The molecule has 2 atom stereocenters. The van der Waals surface area contributed by atoms with Crippen LogP contribution in [-0.4, -0.2) is 23.9 Å². The third kappa shape index (κ3) is 6.39. The second-order valence-corrected chi connectivity index (χ2v) is 5.77. The lowest BCUT2D eigenvalue weighted by molar-refractivity contribution is -0.202. The quantitative estimate of drug-likeness (QED) is 0.755. The smallest absolute Gasteiger partial charge is 0.382 e. The highest BCUT2D eigenvalue weighted by Gasteiger charge is 2.38. The van der Waals surface area contributed by atoms with Crippen molar-refractivity contribution in [2.45, 2.75) is 44.8 Å². The monoisotopic (exact) mass is 343 g/mol. The summed E-state index contributed by atoms with van der Waals surface area (Å²) in [6.45, 7) is 2.84. The van der Waals surface area contributed by atoms with Crippen LogP contribution in [0, 0.1) is 5.92 Å². The number of nitrogens with one attached hydrogen (secondary N) is 1. The molecule has 0 amide bonds. The van der Waals surface area contributed by atoms with Crippen LogP contribution in [0.1, 0.15) is 37.4 Å². The highest BCUT2D eigenvalue weighted by Crippen LogP contribution is 2.32. The maximum atomic E-state index is 12.8. The zero-order valence-electron chi connectivity index (χ0n) is 12.7. The van der Waals surface area contributed by atoms with E-state index in [1.807, 2.05) is 13.8 Å². The van der Waals surface area contributed by atoms with Crippen LogP contribution in [0.15, 0.2) is 24.3 Å². The van der Waals surface area contributed by atoms with Gasteiger partial charge in [0.2, 0.25) is 0 Å². The third-order valence-electron chi connectivity index (χ3n) is 3.26. The number of aliphatic hydroxyl groups excluding tert-OH is 1. The zero-order valence-corrected chi connectivity index (χ0v) is 12.7. The van der Waals surface area contributed by atoms with Gasteiger partial charge in [-0.2, -0.15) is 26.3 Å². The molecule has 1 rings (SSSR count). The van der Waals surface area contributed by atoms with Gasteiger partial charge in [0.1, 0.15) is 0 Å². The summed E-state index contributed by atoms with van der Waals surface area (Å²) in [5.41, 5.74) is -0.621. The number of rotatable bonds is 6. The molecule has 23 heavy (non-hydrogen) atoms. The van der Waals surface area contributed by atoms with Gasteiger partial charge in [0.05, 0.1) is 5.56 Å². The Balaban J connectivity index is 2.94. The fourth-order valence-corrected chi connectivity index (χ4v) is 2.11. The molecule has 0 aromatic heterocycles. The van der Waals surface area contributed by atoms with E-state index < -0.39 is 36.6 Å². The number of alkyl halides is 6. The molecule has 1 aromatic rings. The largest absolute Gasteiger partial charge is 0.416 e. The van der Waals surface area contributed by atoms with Gasteiger partial charge in [-0.1, -0.05) is 26.0 Å². The van der Waals surface area contributed by atoms with E-state index in [0.29, 0.717) is 6.42 Å². The number of hydrogen-bond donors (Lipinski definition) is 2. The summed E-state index contributed by atoms with van der Waals surface area (Å²) < 4.78 is 75.3. The molecule has 2 nitrogen and oxygen atoms in total. The van der Waals surface area contributed by atoms with Crippen LogP contribution >= 0.6 is 0 Å². The normalized spacial score (nSPS) is 15.7. The van der Waals surface area contributed by atoms with Gasteiger partial charge >= 0.3 is 12.4 Å². The highest BCUT2D eigenvalue weighted by molar-refractivity contribution is 5.28. The van der Waals surface area contributed by atoms with Crippen molar-refractivity contribution in [3.63, 3.8) is 0 Å². The van der Waals surface area contributed by atoms with E-state index in [1.165, 1.54) is 12.1 Å². The van der Waals surface area contributed by atoms with Crippen LogP contribution in [0.4, 0.5) is 26.3 Å². The molecule has 0 saturated heterocycles. The first-order chi connectivity index (χ1) is 10.4. The van der Waals surface area contributed by atoms with E-state index in [9.17, 15) is 26.3 Å². The van der Waals surface area contributed by atoms with E-state index in [1.54, 1.807) is 0 Å².